The highest BCUT2D eigenvalue weighted by atomic mass is 19.3. The summed E-state index contributed by atoms with van der Waals surface area (Å²) >= 11 is 0. The number of carbonyl (C=O) groups is 2. The first kappa shape index (κ1) is 25.8. The van der Waals surface area contributed by atoms with Crippen molar-refractivity contribution in [1.29, 1.82) is 0 Å². The van der Waals surface area contributed by atoms with E-state index < -0.39 is 17.9 Å². The molecule has 38 heavy (non-hydrogen) atoms. The van der Waals surface area contributed by atoms with E-state index in [2.05, 4.69) is 35.0 Å². The first-order chi connectivity index (χ1) is 18.1. The number of fused-ring (bicyclic) bond motifs is 2. The van der Waals surface area contributed by atoms with Crippen molar-refractivity contribution in [2.45, 2.75) is 44.9 Å². The summed E-state index contributed by atoms with van der Waals surface area (Å²) in [6.07, 6.45) is -0.0412. The second kappa shape index (κ2) is 9.83. The second-order valence-electron chi connectivity index (χ2n) is 9.89. The van der Waals surface area contributed by atoms with Crippen molar-refractivity contribution in [3.8, 4) is 11.5 Å². The standard InChI is InChI=1S/C28H31F2N5O3/c1-5-35-22-9-7-6-8-17(22)13-24(35)25-32-21-12-18(10-11-23(21)33(25)3)26(36)34-15-19(14-20(16-34)38-4)31-27(37)28(2,29)30/h6-13,19-20H,5,14-16H2,1-4H3,(H,31,37)/t19?,20-/m1/s1. The van der Waals surface area contributed by atoms with E-state index >= 15 is 0 Å². The maximum atomic E-state index is 13.5. The van der Waals surface area contributed by atoms with Crippen LogP contribution in [0.2, 0.25) is 0 Å². The molecule has 3 heterocycles. The minimum atomic E-state index is -3.50. The first-order valence-corrected chi connectivity index (χ1v) is 12.7. The Morgan fingerprint density at radius 3 is 2.61 bits per heavy atom. The van der Waals surface area contributed by atoms with Crippen LogP contribution in [0.25, 0.3) is 33.5 Å². The van der Waals surface area contributed by atoms with Gasteiger partial charge in [-0.2, -0.15) is 8.78 Å². The molecule has 1 unspecified atom stereocenters. The summed E-state index contributed by atoms with van der Waals surface area (Å²) in [6.45, 7) is 3.85. The highest BCUT2D eigenvalue weighted by Crippen LogP contribution is 2.30. The van der Waals surface area contributed by atoms with Crippen LogP contribution >= 0.6 is 0 Å². The Labute approximate surface area is 219 Å². The van der Waals surface area contributed by atoms with Crippen molar-refractivity contribution in [2.24, 2.45) is 7.05 Å². The summed E-state index contributed by atoms with van der Waals surface area (Å²) in [4.78, 5) is 31.8. The molecule has 1 N–H and O–H groups in total. The van der Waals surface area contributed by atoms with Gasteiger partial charge in [-0.3, -0.25) is 9.59 Å². The van der Waals surface area contributed by atoms with Crippen LogP contribution in [0.4, 0.5) is 8.78 Å². The summed E-state index contributed by atoms with van der Waals surface area (Å²) in [7, 11) is 3.46. The Balaban J connectivity index is 1.45. The van der Waals surface area contributed by atoms with Crippen molar-refractivity contribution < 1.29 is 23.1 Å². The lowest BCUT2D eigenvalue weighted by molar-refractivity contribution is -0.144. The average molecular weight is 524 g/mol. The molecule has 0 bridgehead atoms. The molecular formula is C28H31F2N5O3. The molecule has 4 aromatic rings. The number of aryl methyl sites for hydroxylation is 2. The number of benzene rings is 2. The number of aromatic nitrogens is 3. The Kier molecular flexibility index (Phi) is 6.68. The van der Waals surface area contributed by atoms with Gasteiger partial charge in [-0.1, -0.05) is 18.2 Å². The number of ether oxygens (including phenoxy) is 1. The van der Waals surface area contributed by atoms with Crippen LogP contribution in [-0.2, 0) is 23.1 Å². The number of hydrogen-bond donors (Lipinski definition) is 1. The number of rotatable bonds is 6. The number of piperidine rings is 1. The number of methoxy groups -OCH3 is 1. The Morgan fingerprint density at radius 2 is 1.89 bits per heavy atom. The van der Waals surface area contributed by atoms with Crippen LogP contribution in [0, 0.1) is 0 Å². The maximum absolute atomic E-state index is 13.5. The third kappa shape index (κ3) is 4.64. The van der Waals surface area contributed by atoms with Crippen molar-refractivity contribution in [1.82, 2.24) is 24.3 Å². The lowest BCUT2D eigenvalue weighted by Crippen LogP contribution is -2.56. The van der Waals surface area contributed by atoms with E-state index in [4.69, 9.17) is 9.72 Å². The largest absolute Gasteiger partial charge is 0.380 e. The van der Waals surface area contributed by atoms with E-state index in [1.165, 1.54) is 12.0 Å². The van der Waals surface area contributed by atoms with Crippen LogP contribution in [0.15, 0.2) is 48.5 Å². The molecule has 2 amide bonds. The van der Waals surface area contributed by atoms with Gasteiger partial charge in [-0.15, -0.1) is 0 Å². The quantitative estimate of drug-likeness (QED) is 0.411. The molecule has 1 aliphatic heterocycles. The van der Waals surface area contributed by atoms with Crippen molar-refractivity contribution in [3.05, 3.63) is 54.1 Å². The number of para-hydroxylation sites is 1. The lowest BCUT2D eigenvalue weighted by Gasteiger charge is -2.37. The predicted octanol–water partition coefficient (Wildman–Crippen LogP) is 4.22. The highest BCUT2D eigenvalue weighted by molar-refractivity contribution is 5.98. The first-order valence-electron chi connectivity index (χ1n) is 12.7. The van der Waals surface area contributed by atoms with E-state index in [1.807, 2.05) is 29.8 Å². The molecule has 0 saturated carbocycles. The third-order valence-electron chi connectivity index (χ3n) is 7.25. The van der Waals surface area contributed by atoms with Crippen LogP contribution in [0.5, 0.6) is 0 Å². The minimum Gasteiger partial charge on any atom is -0.380 e. The molecule has 0 spiro atoms. The molecule has 200 valence electrons. The van der Waals surface area contributed by atoms with Gasteiger partial charge in [0.05, 0.1) is 22.8 Å². The number of nitrogens with zero attached hydrogens (tertiary/aromatic N) is 4. The number of hydrogen-bond acceptors (Lipinski definition) is 4. The Morgan fingerprint density at radius 1 is 1.13 bits per heavy atom. The molecule has 1 aliphatic rings. The van der Waals surface area contributed by atoms with Crippen LogP contribution < -0.4 is 5.32 Å². The van der Waals surface area contributed by atoms with Gasteiger partial charge in [0.25, 0.3) is 11.8 Å². The maximum Gasteiger partial charge on any atom is 0.321 e. The van der Waals surface area contributed by atoms with E-state index in [0.29, 0.717) is 31.0 Å². The van der Waals surface area contributed by atoms with Crippen molar-refractivity contribution >= 4 is 33.8 Å². The molecule has 10 heteroatoms. The molecule has 8 nitrogen and oxygen atoms in total. The zero-order chi connectivity index (χ0) is 27.2. The summed E-state index contributed by atoms with van der Waals surface area (Å²) in [6, 6.07) is 15.0. The van der Waals surface area contributed by atoms with Gasteiger partial charge in [-0.05, 0) is 43.7 Å². The fourth-order valence-corrected chi connectivity index (χ4v) is 5.29. The molecular weight excluding hydrogens is 492 g/mol. The van der Waals surface area contributed by atoms with Crippen molar-refractivity contribution in [2.75, 3.05) is 20.2 Å². The Bertz CT molecular complexity index is 1520. The monoisotopic (exact) mass is 523 g/mol. The van der Waals surface area contributed by atoms with Crippen LogP contribution in [-0.4, -0.2) is 69.1 Å². The fourth-order valence-electron chi connectivity index (χ4n) is 5.29. The topological polar surface area (TPSA) is 81.4 Å². The third-order valence-corrected chi connectivity index (χ3v) is 7.25. The van der Waals surface area contributed by atoms with Gasteiger partial charge in [0, 0.05) is 63.2 Å². The SMILES string of the molecule is CCn1c(-c2nc3cc(C(=O)N4CC(NC(=O)C(C)(F)F)C[C@@H](OC)C4)ccc3n2C)cc2ccccc21. The molecule has 5 rings (SSSR count). The van der Waals surface area contributed by atoms with Gasteiger partial charge >= 0.3 is 5.92 Å². The van der Waals surface area contributed by atoms with Gasteiger partial charge in [0.2, 0.25) is 0 Å². The number of likely N-dealkylation sites (tertiary alicyclic amines) is 1. The molecule has 2 atom stereocenters. The van der Waals surface area contributed by atoms with Gasteiger partial charge < -0.3 is 24.1 Å². The van der Waals surface area contributed by atoms with Crippen LogP contribution in [0.1, 0.15) is 30.6 Å². The number of halogens is 2. The fraction of sp³-hybridized carbons (Fsp3) is 0.393. The number of alkyl halides is 2. The minimum absolute atomic E-state index is 0.114. The Hall–Kier alpha value is -3.79. The average Bonchev–Trinajstić information content (AvgIpc) is 3.44. The van der Waals surface area contributed by atoms with Gasteiger partial charge in [0.1, 0.15) is 0 Å². The highest BCUT2D eigenvalue weighted by Gasteiger charge is 2.37. The molecule has 2 aromatic heterocycles. The second-order valence-corrected chi connectivity index (χ2v) is 9.89. The summed E-state index contributed by atoms with van der Waals surface area (Å²) < 4.78 is 36.6. The zero-order valence-corrected chi connectivity index (χ0v) is 21.9. The number of carbonyl (C=O) groups excluding carboxylic acids is 2. The van der Waals surface area contributed by atoms with Gasteiger partial charge in [-0.25, -0.2) is 4.98 Å². The predicted molar refractivity (Wildman–Crippen MR) is 141 cm³/mol. The summed E-state index contributed by atoms with van der Waals surface area (Å²) in [5, 5.41) is 3.49. The van der Waals surface area contributed by atoms with Crippen molar-refractivity contribution in [3.63, 3.8) is 0 Å². The van der Waals surface area contributed by atoms with E-state index in [9.17, 15) is 18.4 Å². The molecule has 2 aromatic carbocycles. The van der Waals surface area contributed by atoms with Crippen LogP contribution in [0.3, 0.4) is 0 Å². The van der Waals surface area contributed by atoms with E-state index in [0.717, 1.165) is 34.5 Å². The molecule has 0 aliphatic carbocycles. The molecule has 0 radical (unpaired) electrons. The van der Waals surface area contributed by atoms with E-state index in [1.54, 1.807) is 12.1 Å². The number of imidazole rings is 1. The van der Waals surface area contributed by atoms with E-state index in [-0.39, 0.29) is 18.6 Å². The normalized spacial score (nSPS) is 18.3. The summed E-state index contributed by atoms with van der Waals surface area (Å²) in [5.74, 6) is -4.34. The zero-order valence-electron chi connectivity index (χ0n) is 21.9. The molecule has 1 saturated heterocycles. The van der Waals surface area contributed by atoms with Gasteiger partial charge in [0.15, 0.2) is 5.82 Å². The summed E-state index contributed by atoms with van der Waals surface area (Å²) in [5.41, 5.74) is 4.12. The number of amides is 2. The number of nitrogens with one attached hydrogen (secondary N) is 1. The smallest absolute Gasteiger partial charge is 0.321 e. The lowest BCUT2D eigenvalue weighted by atomic mass is 10.0. The molecule has 1 fully saturated rings.